The number of hydrogen-bond acceptors (Lipinski definition) is 8. The van der Waals surface area contributed by atoms with E-state index in [0.29, 0.717) is 16.8 Å². The number of rotatable bonds is 15. The Kier molecular flexibility index (Phi) is 10.9. The first-order chi connectivity index (χ1) is 23.5. The van der Waals surface area contributed by atoms with Gasteiger partial charge in [-0.3, -0.25) is 14.4 Å². The molecule has 14 heteroatoms. The molecule has 0 spiro atoms. The van der Waals surface area contributed by atoms with E-state index in [1.54, 1.807) is 30.5 Å². The summed E-state index contributed by atoms with van der Waals surface area (Å²) in [4.78, 5) is 63.1. The van der Waals surface area contributed by atoms with Crippen molar-refractivity contribution in [2.75, 3.05) is 0 Å². The first-order valence-corrected chi connectivity index (χ1v) is 15.5. The molecule has 2 heterocycles. The number of fused-ring (bicyclic) bond motifs is 1. The molecule has 14 nitrogen and oxygen atoms in total. The summed E-state index contributed by atoms with van der Waals surface area (Å²) in [7, 11) is 0. The third-order valence-electron chi connectivity index (χ3n) is 8.06. The second-order valence-corrected chi connectivity index (χ2v) is 11.7. The molecule has 0 bridgehead atoms. The van der Waals surface area contributed by atoms with Crippen molar-refractivity contribution >= 4 is 34.6 Å². The number of para-hydroxylation sites is 1. The molecule has 0 aliphatic rings. The number of aliphatic carboxylic acids is 1. The highest BCUT2D eigenvalue weighted by Gasteiger charge is 2.31. The molecule has 2 aromatic heterocycles. The number of phenols is 2. The number of carbonyl (C=O) groups excluding carboxylic acids is 3. The predicted octanol–water partition coefficient (Wildman–Crippen LogP) is 1.44. The second-order valence-electron chi connectivity index (χ2n) is 11.7. The Balaban J connectivity index is 1.34. The summed E-state index contributed by atoms with van der Waals surface area (Å²) in [6.07, 6.45) is 4.74. The van der Waals surface area contributed by atoms with Crippen LogP contribution in [0.15, 0.2) is 91.5 Å². The lowest BCUT2D eigenvalue weighted by molar-refractivity contribution is -0.142. The molecule has 49 heavy (non-hydrogen) atoms. The minimum Gasteiger partial charge on any atom is -0.508 e. The molecule has 0 radical (unpaired) electrons. The van der Waals surface area contributed by atoms with Crippen LogP contribution >= 0.6 is 0 Å². The lowest BCUT2D eigenvalue weighted by atomic mass is 10.0. The number of nitrogens with zero attached hydrogens (tertiary/aromatic N) is 1. The molecule has 3 amide bonds. The maximum Gasteiger partial charge on any atom is 0.326 e. The number of nitrogens with one attached hydrogen (secondary N) is 5. The number of benzene rings is 3. The zero-order valence-electron chi connectivity index (χ0n) is 26.3. The van der Waals surface area contributed by atoms with Crippen molar-refractivity contribution < 1.29 is 34.5 Å². The number of aromatic amines is 2. The van der Waals surface area contributed by atoms with Crippen molar-refractivity contribution in [1.29, 1.82) is 0 Å². The monoisotopic (exact) mass is 667 g/mol. The molecule has 0 aliphatic heterocycles. The summed E-state index contributed by atoms with van der Waals surface area (Å²) in [5.41, 5.74) is 9.69. The fraction of sp³-hybridized carbons (Fsp3) is 0.229. The number of H-pyrrole nitrogens is 2. The van der Waals surface area contributed by atoms with Crippen LogP contribution in [0.1, 0.15) is 22.4 Å². The van der Waals surface area contributed by atoms with Crippen LogP contribution in [0.2, 0.25) is 0 Å². The normalized spacial score (nSPS) is 13.6. The van der Waals surface area contributed by atoms with Crippen molar-refractivity contribution in [3.8, 4) is 11.5 Å². The Morgan fingerprint density at radius 1 is 0.694 bits per heavy atom. The third kappa shape index (κ3) is 9.23. The molecule has 5 aromatic rings. The van der Waals surface area contributed by atoms with Gasteiger partial charge < -0.3 is 47.0 Å². The quantitative estimate of drug-likeness (QED) is 0.0784. The number of carbonyl (C=O) groups is 4. The van der Waals surface area contributed by atoms with Gasteiger partial charge in [-0.1, -0.05) is 42.5 Å². The fourth-order valence-corrected chi connectivity index (χ4v) is 5.42. The number of imidazole rings is 1. The highest BCUT2D eigenvalue weighted by atomic mass is 16.4. The van der Waals surface area contributed by atoms with Crippen molar-refractivity contribution in [2.45, 2.75) is 49.9 Å². The SMILES string of the molecule is NC(Cc1c[nH]c2ccccc12)C(=O)NC(Cc1cnc[nH]1)C(=O)NC(Cc1ccc(O)cc1)C(=O)NC(Cc1ccc(O)cc1)C(=O)O. The third-order valence-corrected chi connectivity index (χ3v) is 8.06. The lowest BCUT2D eigenvalue weighted by Gasteiger charge is -2.25. The van der Waals surface area contributed by atoms with Gasteiger partial charge in [0.05, 0.1) is 12.4 Å². The van der Waals surface area contributed by atoms with E-state index in [1.807, 2.05) is 24.3 Å². The number of aromatic nitrogens is 3. The number of carboxylic acid groups (broad SMARTS) is 1. The first-order valence-electron chi connectivity index (χ1n) is 15.5. The van der Waals surface area contributed by atoms with Crippen molar-refractivity contribution in [3.05, 3.63) is 114 Å². The van der Waals surface area contributed by atoms with Gasteiger partial charge in [-0.2, -0.15) is 0 Å². The minimum absolute atomic E-state index is 0.0000600. The summed E-state index contributed by atoms with van der Waals surface area (Å²) < 4.78 is 0. The number of amides is 3. The van der Waals surface area contributed by atoms with E-state index in [1.165, 1.54) is 36.8 Å². The predicted molar refractivity (Wildman–Crippen MR) is 179 cm³/mol. The Labute approximate surface area is 280 Å². The van der Waals surface area contributed by atoms with E-state index in [4.69, 9.17) is 5.73 Å². The van der Waals surface area contributed by atoms with Gasteiger partial charge >= 0.3 is 5.97 Å². The van der Waals surface area contributed by atoms with E-state index in [0.717, 1.165) is 16.5 Å². The zero-order chi connectivity index (χ0) is 34.9. The molecule has 0 saturated carbocycles. The van der Waals surface area contributed by atoms with E-state index in [2.05, 4.69) is 30.9 Å². The number of hydrogen-bond donors (Lipinski definition) is 9. The van der Waals surface area contributed by atoms with Crippen LogP contribution in [0.5, 0.6) is 11.5 Å². The van der Waals surface area contributed by atoms with Crippen molar-refractivity contribution in [3.63, 3.8) is 0 Å². The summed E-state index contributed by atoms with van der Waals surface area (Å²) in [5.74, 6) is -3.39. The average Bonchev–Trinajstić information content (AvgIpc) is 3.75. The van der Waals surface area contributed by atoms with Crippen LogP contribution in [0.4, 0.5) is 0 Å². The molecule has 0 aliphatic carbocycles. The van der Waals surface area contributed by atoms with Crippen LogP contribution in [-0.4, -0.2) is 78.1 Å². The molecular weight excluding hydrogens is 630 g/mol. The zero-order valence-corrected chi connectivity index (χ0v) is 26.3. The maximum absolute atomic E-state index is 13.9. The Hall–Kier alpha value is -6.15. The molecule has 254 valence electrons. The van der Waals surface area contributed by atoms with Gasteiger partial charge in [0.2, 0.25) is 17.7 Å². The highest BCUT2D eigenvalue weighted by molar-refractivity contribution is 5.94. The highest BCUT2D eigenvalue weighted by Crippen LogP contribution is 2.19. The molecule has 5 rings (SSSR count). The van der Waals surface area contributed by atoms with Crippen molar-refractivity contribution in [1.82, 2.24) is 30.9 Å². The average molecular weight is 668 g/mol. The Bertz CT molecular complexity index is 1890. The van der Waals surface area contributed by atoms with Gasteiger partial charge in [0, 0.05) is 48.3 Å². The van der Waals surface area contributed by atoms with E-state index in [-0.39, 0.29) is 37.2 Å². The lowest BCUT2D eigenvalue weighted by Crippen LogP contribution is -2.58. The minimum atomic E-state index is -1.36. The molecule has 0 saturated heterocycles. The van der Waals surface area contributed by atoms with Gasteiger partial charge in [0.15, 0.2) is 0 Å². The van der Waals surface area contributed by atoms with Crippen LogP contribution in [0, 0.1) is 0 Å². The Morgan fingerprint density at radius 2 is 1.24 bits per heavy atom. The number of phenolic OH excluding ortho intramolecular Hbond substituents is 2. The van der Waals surface area contributed by atoms with Crippen LogP contribution in [0.25, 0.3) is 10.9 Å². The largest absolute Gasteiger partial charge is 0.508 e. The van der Waals surface area contributed by atoms with E-state index < -0.39 is 47.9 Å². The molecule has 4 unspecified atom stereocenters. The standard InChI is InChI=1S/C35H37N7O7/c36-27(15-22-17-38-28-4-2-1-3-26(22)28)32(45)40-30(16-23-18-37-19-39-23)34(47)41-29(13-20-5-9-24(43)10-6-20)33(46)42-31(35(48)49)14-21-7-11-25(44)12-8-21/h1-12,17-19,27,29-31,38,43-44H,13-16,36H2,(H,37,39)(H,40,45)(H,41,47)(H,42,46)(H,48,49). The number of nitrogens with two attached hydrogens (primary N) is 1. The van der Waals surface area contributed by atoms with Gasteiger partial charge in [0.25, 0.3) is 0 Å². The smallest absolute Gasteiger partial charge is 0.326 e. The van der Waals surface area contributed by atoms with Crippen LogP contribution in [0.3, 0.4) is 0 Å². The van der Waals surface area contributed by atoms with Gasteiger partial charge in [-0.25, -0.2) is 9.78 Å². The maximum atomic E-state index is 13.9. The topological polar surface area (TPSA) is 236 Å². The summed E-state index contributed by atoms with van der Waals surface area (Å²) >= 11 is 0. The summed E-state index contributed by atoms with van der Waals surface area (Å²) in [6, 6.07) is 14.6. The molecule has 10 N–H and O–H groups in total. The van der Waals surface area contributed by atoms with Crippen molar-refractivity contribution in [2.24, 2.45) is 5.73 Å². The first kappa shape index (κ1) is 34.2. The van der Waals surface area contributed by atoms with E-state index >= 15 is 0 Å². The van der Waals surface area contributed by atoms with Gasteiger partial charge in [-0.15, -0.1) is 0 Å². The van der Waals surface area contributed by atoms with Gasteiger partial charge in [-0.05, 0) is 53.4 Å². The summed E-state index contributed by atoms with van der Waals surface area (Å²) in [5, 5.41) is 38.1. The van der Waals surface area contributed by atoms with E-state index in [9.17, 15) is 34.5 Å². The number of aromatic hydroxyl groups is 2. The molecule has 4 atom stereocenters. The van der Waals surface area contributed by atoms with Crippen LogP contribution in [-0.2, 0) is 44.9 Å². The molecule has 3 aromatic carbocycles. The Morgan fingerprint density at radius 3 is 1.84 bits per heavy atom. The number of carboxylic acids is 1. The van der Waals surface area contributed by atoms with Crippen LogP contribution < -0.4 is 21.7 Å². The molecular formula is C35H37N7O7. The second kappa shape index (κ2) is 15.6. The van der Waals surface area contributed by atoms with Gasteiger partial charge in [0.1, 0.15) is 29.6 Å². The molecule has 0 fully saturated rings. The summed E-state index contributed by atoms with van der Waals surface area (Å²) in [6.45, 7) is 0. The fourth-order valence-electron chi connectivity index (χ4n) is 5.42.